The number of amides is 1. The highest BCUT2D eigenvalue weighted by Crippen LogP contribution is 2.38. The quantitative estimate of drug-likeness (QED) is 0.771. The van der Waals surface area contributed by atoms with E-state index in [9.17, 15) is 9.59 Å². The van der Waals surface area contributed by atoms with Gasteiger partial charge in [-0.05, 0) is 37.8 Å². The second-order valence-corrected chi connectivity index (χ2v) is 6.87. The topological polar surface area (TPSA) is 55.8 Å². The van der Waals surface area contributed by atoms with Gasteiger partial charge in [0.05, 0.1) is 20.1 Å². The summed E-state index contributed by atoms with van der Waals surface area (Å²) < 4.78 is 10.7. The van der Waals surface area contributed by atoms with Crippen LogP contribution in [-0.2, 0) is 16.1 Å². The Balaban J connectivity index is 1.80. The van der Waals surface area contributed by atoms with Gasteiger partial charge in [0.15, 0.2) is 0 Å². The molecule has 0 radical (unpaired) electrons. The zero-order chi connectivity index (χ0) is 17.3. The van der Waals surface area contributed by atoms with Crippen molar-refractivity contribution in [3.63, 3.8) is 0 Å². The molecule has 1 aromatic carbocycles. The molecular formula is C19H25NO4. The third-order valence-corrected chi connectivity index (χ3v) is 5.21. The molecule has 2 aliphatic rings. The van der Waals surface area contributed by atoms with Crippen molar-refractivity contribution < 1.29 is 19.1 Å². The van der Waals surface area contributed by atoms with Gasteiger partial charge < -0.3 is 14.4 Å². The summed E-state index contributed by atoms with van der Waals surface area (Å²) in [6, 6.07) is 5.87. The molecule has 2 fully saturated rings. The molecular weight excluding hydrogens is 306 g/mol. The van der Waals surface area contributed by atoms with Crippen molar-refractivity contribution >= 4 is 11.7 Å². The van der Waals surface area contributed by atoms with E-state index in [-0.39, 0.29) is 23.7 Å². The Kier molecular flexibility index (Phi) is 4.78. The summed E-state index contributed by atoms with van der Waals surface area (Å²) in [6.45, 7) is 2.63. The molecule has 5 nitrogen and oxygen atoms in total. The maximum atomic E-state index is 12.9. The van der Waals surface area contributed by atoms with Gasteiger partial charge in [0.25, 0.3) is 0 Å². The summed E-state index contributed by atoms with van der Waals surface area (Å²) in [4.78, 5) is 26.1. The van der Waals surface area contributed by atoms with Crippen LogP contribution in [0.1, 0.15) is 38.2 Å². The molecule has 1 amide bonds. The number of hydrogen-bond acceptors (Lipinski definition) is 4. The fraction of sp³-hybridized carbons (Fsp3) is 0.579. The number of rotatable bonds is 7. The SMILES string of the molecule is COc1ccc(CN(C(=O)C2CC(=O)C2)C(C)C2CC2)c(OC)c1. The average molecular weight is 331 g/mol. The third kappa shape index (κ3) is 3.40. The van der Waals surface area contributed by atoms with E-state index in [0.29, 0.717) is 25.3 Å². The molecule has 3 rings (SSSR count). The van der Waals surface area contributed by atoms with Crippen LogP contribution in [0.3, 0.4) is 0 Å². The van der Waals surface area contributed by atoms with Crippen LogP contribution in [0, 0.1) is 11.8 Å². The number of benzene rings is 1. The number of methoxy groups -OCH3 is 2. The van der Waals surface area contributed by atoms with Crippen LogP contribution >= 0.6 is 0 Å². The monoisotopic (exact) mass is 331 g/mol. The minimum atomic E-state index is -0.136. The summed E-state index contributed by atoms with van der Waals surface area (Å²) in [7, 11) is 3.24. The minimum Gasteiger partial charge on any atom is -0.497 e. The van der Waals surface area contributed by atoms with Crippen LogP contribution in [0.25, 0.3) is 0 Å². The smallest absolute Gasteiger partial charge is 0.227 e. The first-order valence-electron chi connectivity index (χ1n) is 8.56. The molecule has 130 valence electrons. The number of ether oxygens (including phenoxy) is 2. The van der Waals surface area contributed by atoms with Crippen molar-refractivity contribution in [2.75, 3.05) is 14.2 Å². The van der Waals surface area contributed by atoms with Gasteiger partial charge in [-0.2, -0.15) is 0 Å². The first-order valence-corrected chi connectivity index (χ1v) is 8.56. The van der Waals surface area contributed by atoms with E-state index >= 15 is 0 Å². The van der Waals surface area contributed by atoms with Crippen LogP contribution in [0.2, 0.25) is 0 Å². The Morgan fingerprint density at radius 2 is 1.96 bits per heavy atom. The Hall–Kier alpha value is -2.04. The van der Waals surface area contributed by atoms with Crippen molar-refractivity contribution in [1.29, 1.82) is 0 Å². The van der Waals surface area contributed by atoms with E-state index in [1.165, 1.54) is 12.8 Å². The van der Waals surface area contributed by atoms with Gasteiger partial charge in [-0.25, -0.2) is 0 Å². The molecule has 2 aliphatic carbocycles. The number of nitrogens with zero attached hydrogens (tertiary/aromatic N) is 1. The predicted molar refractivity (Wildman–Crippen MR) is 90.0 cm³/mol. The highest BCUT2D eigenvalue weighted by molar-refractivity contribution is 5.96. The van der Waals surface area contributed by atoms with Crippen molar-refractivity contribution in [3.05, 3.63) is 23.8 Å². The lowest BCUT2D eigenvalue weighted by Crippen LogP contribution is -2.46. The molecule has 1 unspecified atom stereocenters. The van der Waals surface area contributed by atoms with Gasteiger partial charge in [0, 0.05) is 37.1 Å². The Morgan fingerprint density at radius 3 is 2.50 bits per heavy atom. The van der Waals surface area contributed by atoms with Gasteiger partial charge in [-0.15, -0.1) is 0 Å². The third-order valence-electron chi connectivity index (χ3n) is 5.21. The number of hydrogen-bond donors (Lipinski definition) is 0. The second-order valence-electron chi connectivity index (χ2n) is 6.87. The number of ketones is 1. The van der Waals surface area contributed by atoms with Gasteiger partial charge in [0.1, 0.15) is 17.3 Å². The molecule has 1 atom stereocenters. The van der Waals surface area contributed by atoms with E-state index in [2.05, 4.69) is 6.92 Å². The largest absolute Gasteiger partial charge is 0.497 e. The van der Waals surface area contributed by atoms with Crippen LogP contribution in [0.5, 0.6) is 11.5 Å². The maximum Gasteiger partial charge on any atom is 0.227 e. The summed E-state index contributed by atoms with van der Waals surface area (Å²) in [5.74, 6) is 2.19. The highest BCUT2D eigenvalue weighted by Gasteiger charge is 2.40. The van der Waals surface area contributed by atoms with E-state index in [1.54, 1.807) is 14.2 Å². The van der Waals surface area contributed by atoms with Crippen LogP contribution in [-0.4, -0.2) is 36.9 Å². The lowest BCUT2D eigenvalue weighted by Gasteiger charge is -2.35. The van der Waals surface area contributed by atoms with Gasteiger partial charge in [-0.3, -0.25) is 9.59 Å². The number of Topliss-reactive ketones (excluding diaryl/α,β-unsaturated/α-hetero) is 1. The highest BCUT2D eigenvalue weighted by atomic mass is 16.5. The van der Waals surface area contributed by atoms with Crippen molar-refractivity contribution in [3.8, 4) is 11.5 Å². The zero-order valence-corrected chi connectivity index (χ0v) is 14.6. The molecule has 0 saturated heterocycles. The Labute approximate surface area is 142 Å². The summed E-state index contributed by atoms with van der Waals surface area (Å²) in [5, 5.41) is 0. The molecule has 0 aliphatic heterocycles. The second kappa shape index (κ2) is 6.83. The van der Waals surface area contributed by atoms with Gasteiger partial charge >= 0.3 is 0 Å². The Morgan fingerprint density at radius 1 is 1.25 bits per heavy atom. The lowest BCUT2D eigenvalue weighted by atomic mass is 9.82. The first-order chi connectivity index (χ1) is 11.5. The normalized spacial score (nSPS) is 18.7. The molecule has 0 spiro atoms. The Bertz CT molecular complexity index is 630. The fourth-order valence-electron chi connectivity index (χ4n) is 3.32. The van der Waals surface area contributed by atoms with Gasteiger partial charge in [-0.1, -0.05) is 0 Å². The maximum absolute atomic E-state index is 12.9. The molecule has 24 heavy (non-hydrogen) atoms. The van der Waals surface area contributed by atoms with Crippen molar-refractivity contribution in [2.45, 2.75) is 45.2 Å². The molecule has 0 N–H and O–H groups in total. The lowest BCUT2D eigenvalue weighted by molar-refractivity contribution is -0.147. The first kappa shape index (κ1) is 16.8. The van der Waals surface area contributed by atoms with E-state index in [1.807, 2.05) is 23.1 Å². The van der Waals surface area contributed by atoms with E-state index in [0.717, 1.165) is 17.1 Å². The van der Waals surface area contributed by atoms with Crippen LogP contribution in [0.4, 0.5) is 0 Å². The summed E-state index contributed by atoms with van der Waals surface area (Å²) >= 11 is 0. The summed E-state index contributed by atoms with van der Waals surface area (Å²) in [5.41, 5.74) is 0.963. The molecule has 0 heterocycles. The summed E-state index contributed by atoms with van der Waals surface area (Å²) in [6.07, 6.45) is 3.14. The molecule has 2 saturated carbocycles. The predicted octanol–water partition coefficient (Wildman–Crippen LogP) is 2.81. The van der Waals surface area contributed by atoms with Crippen LogP contribution < -0.4 is 9.47 Å². The van der Waals surface area contributed by atoms with Crippen molar-refractivity contribution in [2.24, 2.45) is 11.8 Å². The molecule has 1 aromatic rings. The molecule has 0 aromatic heterocycles. The van der Waals surface area contributed by atoms with E-state index in [4.69, 9.17) is 9.47 Å². The number of carbonyl (C=O) groups is 2. The average Bonchev–Trinajstić information content (AvgIpc) is 3.40. The van der Waals surface area contributed by atoms with Gasteiger partial charge in [0.2, 0.25) is 5.91 Å². The molecule has 0 bridgehead atoms. The minimum absolute atomic E-state index is 0.104. The van der Waals surface area contributed by atoms with E-state index < -0.39 is 0 Å². The van der Waals surface area contributed by atoms with Crippen molar-refractivity contribution in [1.82, 2.24) is 4.90 Å². The fourth-order valence-corrected chi connectivity index (χ4v) is 3.32. The standard InChI is InChI=1S/C19H25NO4/c1-12(13-4-5-13)20(19(22)15-8-16(21)9-15)11-14-6-7-17(23-2)10-18(14)24-3/h6-7,10,12-13,15H,4-5,8-9,11H2,1-3H3. The zero-order valence-electron chi connectivity index (χ0n) is 14.6. The molecule has 5 heteroatoms. The number of carbonyl (C=O) groups excluding carboxylic acids is 2. The van der Waals surface area contributed by atoms with Crippen LogP contribution in [0.15, 0.2) is 18.2 Å².